The van der Waals surface area contributed by atoms with Crippen LogP contribution in [0.15, 0.2) is 24.3 Å². The molecule has 0 heterocycles. The molecule has 1 rings (SSSR count). The van der Waals surface area contributed by atoms with Gasteiger partial charge in [0.25, 0.3) is 5.69 Å². The van der Waals surface area contributed by atoms with Gasteiger partial charge in [-0.2, -0.15) is 0 Å². The normalized spacial score (nSPS) is 10.2. The van der Waals surface area contributed by atoms with E-state index in [4.69, 9.17) is 22.5 Å². The van der Waals surface area contributed by atoms with Gasteiger partial charge >= 0.3 is 0 Å². The first-order valence-electron chi connectivity index (χ1n) is 3.43. The first kappa shape index (κ1) is 11.4. The van der Waals surface area contributed by atoms with Crippen molar-refractivity contribution in [1.82, 2.24) is 0 Å². The summed E-state index contributed by atoms with van der Waals surface area (Å²) in [6.45, 7) is -1.73. The van der Waals surface area contributed by atoms with E-state index in [0.29, 0.717) is 0 Å². The number of benzene rings is 1. The van der Waals surface area contributed by atoms with E-state index in [1.165, 1.54) is 24.3 Å². The second-order valence-corrected chi connectivity index (χ2v) is 5.76. The van der Waals surface area contributed by atoms with E-state index in [1.54, 1.807) is 0 Å². The number of carbonyl (C=O) groups excluding carboxylic acids is 1. The minimum absolute atomic E-state index is 0.0741. The molecule has 7 heteroatoms. The van der Waals surface area contributed by atoms with Crippen LogP contribution in [0.4, 0.5) is 5.69 Å². The summed E-state index contributed by atoms with van der Waals surface area (Å²) in [6, 6.07) is 5.14. The molecule has 0 atom stereocenters. The Morgan fingerprint density at radius 1 is 1.29 bits per heavy atom. The average Bonchev–Trinajstić information content (AvgIpc) is 2.16. The predicted molar refractivity (Wildman–Crippen MR) is 56.1 cm³/mol. The fourth-order valence-corrected chi connectivity index (χ4v) is 1.75. The fourth-order valence-electron chi connectivity index (χ4n) is 0.823. The summed E-state index contributed by atoms with van der Waals surface area (Å²) in [5.41, 5.74) is -0.194. The zero-order valence-electron chi connectivity index (χ0n) is 6.68. The quantitative estimate of drug-likeness (QED) is 0.469. The molecule has 0 aliphatic rings. The molecule has 1 aromatic rings. The molecular formula is C7H4Cl2NO3P. The number of carbonyl (C=O) groups is 1. The number of rotatable bonds is 3. The zero-order chi connectivity index (χ0) is 10.7. The van der Waals surface area contributed by atoms with Crippen LogP contribution in [0.25, 0.3) is 0 Å². The van der Waals surface area contributed by atoms with Gasteiger partial charge in [-0.1, -0.05) is 22.5 Å². The first-order valence-corrected chi connectivity index (χ1v) is 6.58. The number of nitrogens with zero attached hydrogens (tertiary/aromatic N) is 1. The maximum atomic E-state index is 11.2. The molecule has 0 aliphatic heterocycles. The molecule has 0 amide bonds. The number of hydrogen-bond acceptors (Lipinski definition) is 3. The van der Waals surface area contributed by atoms with Crippen LogP contribution >= 0.6 is 29.1 Å². The molecule has 4 nitrogen and oxygen atoms in total. The maximum Gasteiger partial charge on any atom is 0.269 e. The molecule has 0 bridgehead atoms. The molecule has 0 unspecified atom stereocenters. The highest BCUT2D eigenvalue weighted by molar-refractivity contribution is 8.15. The number of nitro groups is 1. The minimum atomic E-state index is -1.73. The Kier molecular flexibility index (Phi) is 3.81. The lowest BCUT2D eigenvalue weighted by molar-refractivity contribution is -0.384. The third kappa shape index (κ3) is 2.64. The van der Waals surface area contributed by atoms with E-state index >= 15 is 0 Å². The lowest BCUT2D eigenvalue weighted by atomic mass is 10.2. The number of non-ortho nitro benzene ring substituents is 1. The Labute approximate surface area is 90.3 Å². The maximum absolute atomic E-state index is 11.2. The van der Waals surface area contributed by atoms with Gasteiger partial charge in [0.1, 0.15) is 0 Å². The molecule has 14 heavy (non-hydrogen) atoms. The van der Waals surface area contributed by atoms with Gasteiger partial charge in [0.2, 0.25) is 5.52 Å². The van der Waals surface area contributed by atoms with Gasteiger partial charge in [0, 0.05) is 17.7 Å². The Morgan fingerprint density at radius 2 is 1.79 bits per heavy atom. The van der Waals surface area contributed by atoms with Crippen LogP contribution < -0.4 is 0 Å². The summed E-state index contributed by atoms with van der Waals surface area (Å²) in [6.07, 6.45) is 0. The van der Waals surface area contributed by atoms with Crippen LogP contribution in [0.3, 0.4) is 0 Å². The predicted octanol–water partition coefficient (Wildman–Crippen LogP) is 3.52. The van der Waals surface area contributed by atoms with Crippen LogP contribution in [0.2, 0.25) is 0 Å². The molecule has 0 N–H and O–H groups in total. The second kappa shape index (κ2) is 4.69. The molecule has 0 aromatic heterocycles. The van der Waals surface area contributed by atoms with Crippen LogP contribution in [0.5, 0.6) is 0 Å². The van der Waals surface area contributed by atoms with E-state index < -0.39 is 17.1 Å². The van der Waals surface area contributed by atoms with Gasteiger partial charge in [-0.15, -0.1) is 0 Å². The topological polar surface area (TPSA) is 60.2 Å². The highest BCUT2D eigenvalue weighted by Crippen LogP contribution is 2.49. The van der Waals surface area contributed by atoms with Gasteiger partial charge in [0.15, 0.2) is 6.63 Å². The summed E-state index contributed by atoms with van der Waals surface area (Å²) in [5.74, 6) is 0. The third-order valence-electron chi connectivity index (χ3n) is 1.48. The summed E-state index contributed by atoms with van der Waals surface area (Å²) < 4.78 is 0. The van der Waals surface area contributed by atoms with E-state index in [0.717, 1.165) is 0 Å². The number of hydrogen-bond donors (Lipinski definition) is 0. The highest BCUT2D eigenvalue weighted by atomic mass is 35.9. The van der Waals surface area contributed by atoms with E-state index in [2.05, 4.69) is 0 Å². The van der Waals surface area contributed by atoms with Crippen molar-refractivity contribution in [3.63, 3.8) is 0 Å². The Balaban J connectivity index is 2.94. The Hall–Kier alpha value is -0.700. The SMILES string of the molecule is O=C(c1ccc([N+](=O)[O-])cc1)P(Cl)Cl. The summed E-state index contributed by atoms with van der Waals surface area (Å²) in [7, 11) is 0. The fraction of sp³-hybridized carbons (Fsp3) is 0. The van der Waals surface area contributed by atoms with Crippen molar-refractivity contribution in [3.8, 4) is 0 Å². The van der Waals surface area contributed by atoms with Gasteiger partial charge in [-0.05, 0) is 12.1 Å². The zero-order valence-corrected chi connectivity index (χ0v) is 9.09. The lowest BCUT2D eigenvalue weighted by Gasteiger charge is -1.99. The smallest absolute Gasteiger partial charge is 0.269 e. The Morgan fingerprint density at radius 3 is 2.14 bits per heavy atom. The largest absolute Gasteiger partial charge is 0.286 e. The van der Waals surface area contributed by atoms with Crippen LogP contribution in [0.1, 0.15) is 10.4 Å². The third-order valence-corrected chi connectivity index (χ3v) is 2.96. The van der Waals surface area contributed by atoms with Crippen molar-refractivity contribution in [1.29, 1.82) is 0 Å². The molecular weight excluding hydrogens is 248 g/mol. The summed E-state index contributed by atoms with van der Waals surface area (Å²) in [4.78, 5) is 21.0. The van der Waals surface area contributed by atoms with Crippen molar-refractivity contribution in [2.45, 2.75) is 0 Å². The standard InChI is InChI=1S/C7H4Cl2NO3P/c8-14(9)7(11)5-1-3-6(4-2-5)10(12)13/h1-4H. The molecule has 0 fully saturated rings. The van der Waals surface area contributed by atoms with Gasteiger partial charge in [-0.3, -0.25) is 14.9 Å². The molecule has 74 valence electrons. The molecule has 0 spiro atoms. The first-order chi connectivity index (χ1) is 6.52. The van der Waals surface area contributed by atoms with Crippen molar-refractivity contribution in [2.24, 2.45) is 0 Å². The minimum Gasteiger partial charge on any atom is -0.286 e. The van der Waals surface area contributed by atoms with E-state index in [9.17, 15) is 14.9 Å². The van der Waals surface area contributed by atoms with E-state index in [-0.39, 0.29) is 11.3 Å². The van der Waals surface area contributed by atoms with Crippen molar-refractivity contribution >= 4 is 40.3 Å². The monoisotopic (exact) mass is 251 g/mol. The van der Waals surface area contributed by atoms with Crippen LogP contribution in [0, 0.1) is 10.1 Å². The van der Waals surface area contributed by atoms with Crippen LogP contribution in [-0.2, 0) is 0 Å². The summed E-state index contributed by atoms with van der Waals surface area (Å²) >= 11 is 10.8. The lowest BCUT2D eigenvalue weighted by Crippen LogP contribution is -1.93. The molecule has 0 saturated heterocycles. The molecule has 0 aliphatic carbocycles. The Bertz CT molecular complexity index is 366. The van der Waals surface area contributed by atoms with Crippen molar-refractivity contribution in [2.75, 3.05) is 0 Å². The highest BCUT2D eigenvalue weighted by Gasteiger charge is 2.15. The van der Waals surface area contributed by atoms with Crippen LogP contribution in [-0.4, -0.2) is 10.4 Å². The molecule has 0 radical (unpaired) electrons. The molecule has 0 saturated carbocycles. The van der Waals surface area contributed by atoms with Gasteiger partial charge in [-0.25, -0.2) is 0 Å². The second-order valence-electron chi connectivity index (χ2n) is 2.34. The van der Waals surface area contributed by atoms with Crippen molar-refractivity contribution < 1.29 is 9.72 Å². The average molecular weight is 252 g/mol. The van der Waals surface area contributed by atoms with E-state index in [1.807, 2.05) is 0 Å². The molecule has 1 aromatic carbocycles. The summed E-state index contributed by atoms with van der Waals surface area (Å²) in [5, 5.41) is 10.3. The number of halogens is 2. The van der Waals surface area contributed by atoms with Gasteiger partial charge in [0.05, 0.1) is 4.92 Å². The van der Waals surface area contributed by atoms with Gasteiger partial charge < -0.3 is 0 Å². The number of nitro benzene ring substituents is 1. The van der Waals surface area contributed by atoms with Crippen molar-refractivity contribution in [3.05, 3.63) is 39.9 Å².